The Labute approximate surface area is 111 Å². The number of hydrogen-bond donors (Lipinski definition) is 2. The Hall–Kier alpha value is -0.580. The van der Waals surface area contributed by atoms with Crippen molar-refractivity contribution in [1.82, 2.24) is 5.32 Å². The summed E-state index contributed by atoms with van der Waals surface area (Å²) in [5.41, 5.74) is 1.09. The van der Waals surface area contributed by atoms with Crippen LogP contribution in [0.5, 0.6) is 5.75 Å². The van der Waals surface area contributed by atoms with Crippen molar-refractivity contribution in [3.63, 3.8) is 0 Å². The summed E-state index contributed by atoms with van der Waals surface area (Å²) < 4.78 is 6.61. The van der Waals surface area contributed by atoms with E-state index in [2.05, 4.69) is 35.1 Å². The second kappa shape index (κ2) is 6.99. The molecule has 4 heteroatoms. The molecule has 2 N–H and O–H groups in total. The molecule has 1 aromatic rings. The van der Waals surface area contributed by atoms with E-state index < -0.39 is 6.10 Å². The summed E-state index contributed by atoms with van der Waals surface area (Å²) >= 11 is 3.45. The second-order valence-electron chi connectivity index (χ2n) is 4.45. The molecule has 0 saturated carbocycles. The number of hydrogen-bond acceptors (Lipinski definition) is 3. The van der Waals surface area contributed by atoms with Crippen molar-refractivity contribution in [2.75, 3.05) is 6.61 Å². The summed E-state index contributed by atoms with van der Waals surface area (Å²) in [6.07, 6.45) is -0.454. The predicted octanol–water partition coefficient (Wildman–Crippen LogP) is 2.71. The maximum atomic E-state index is 9.23. The van der Waals surface area contributed by atoms with E-state index in [9.17, 15) is 5.11 Å². The van der Waals surface area contributed by atoms with Crippen molar-refractivity contribution < 1.29 is 9.84 Å². The molecule has 0 amide bonds. The van der Waals surface area contributed by atoms with Crippen LogP contribution in [0.1, 0.15) is 26.3 Å². The Morgan fingerprint density at radius 2 is 2.06 bits per heavy atom. The molecule has 0 aromatic heterocycles. The number of benzene rings is 1. The van der Waals surface area contributed by atoms with Gasteiger partial charge >= 0.3 is 0 Å². The third-order valence-electron chi connectivity index (χ3n) is 2.20. The molecule has 17 heavy (non-hydrogen) atoms. The highest BCUT2D eigenvalue weighted by Gasteiger charge is 2.06. The molecule has 0 radical (unpaired) electrons. The first kappa shape index (κ1) is 14.5. The lowest BCUT2D eigenvalue weighted by Crippen LogP contribution is -2.22. The molecule has 0 aliphatic carbocycles. The zero-order chi connectivity index (χ0) is 12.8. The molecule has 1 rings (SSSR count). The van der Waals surface area contributed by atoms with Crippen molar-refractivity contribution in [2.24, 2.45) is 0 Å². The Morgan fingerprint density at radius 1 is 1.35 bits per heavy atom. The minimum Gasteiger partial charge on any atom is -0.491 e. The fraction of sp³-hybridized carbons (Fsp3) is 0.538. The maximum absolute atomic E-state index is 9.23. The number of aliphatic hydroxyl groups is 1. The molecule has 0 spiro atoms. The SMILES string of the molecule is CC(O)COc1ccc(Br)cc1CNC(C)C. The highest BCUT2D eigenvalue weighted by Crippen LogP contribution is 2.23. The fourth-order valence-electron chi connectivity index (χ4n) is 1.35. The standard InChI is InChI=1S/C13H20BrNO2/c1-9(2)15-7-11-6-12(14)4-5-13(11)17-8-10(3)16/h4-6,9-10,15-16H,7-8H2,1-3H3. The summed E-state index contributed by atoms with van der Waals surface area (Å²) in [6.45, 7) is 7.00. The highest BCUT2D eigenvalue weighted by atomic mass is 79.9. The molecule has 1 atom stereocenters. The van der Waals surface area contributed by atoms with Crippen molar-refractivity contribution >= 4 is 15.9 Å². The van der Waals surface area contributed by atoms with Gasteiger partial charge in [0.2, 0.25) is 0 Å². The molecular weight excluding hydrogens is 282 g/mol. The average Bonchev–Trinajstić information content (AvgIpc) is 2.24. The number of halogens is 1. The van der Waals surface area contributed by atoms with Gasteiger partial charge in [0.05, 0.1) is 6.10 Å². The van der Waals surface area contributed by atoms with E-state index in [1.54, 1.807) is 6.92 Å². The maximum Gasteiger partial charge on any atom is 0.124 e. The van der Waals surface area contributed by atoms with Crippen molar-refractivity contribution in [3.8, 4) is 5.75 Å². The minimum atomic E-state index is -0.454. The van der Waals surface area contributed by atoms with Gasteiger partial charge in [0.15, 0.2) is 0 Å². The van der Waals surface area contributed by atoms with Crippen LogP contribution in [0.2, 0.25) is 0 Å². The highest BCUT2D eigenvalue weighted by molar-refractivity contribution is 9.10. The van der Waals surface area contributed by atoms with Gasteiger partial charge in [0.25, 0.3) is 0 Å². The van der Waals surface area contributed by atoms with Crippen LogP contribution in [0.4, 0.5) is 0 Å². The summed E-state index contributed by atoms with van der Waals surface area (Å²) in [6, 6.07) is 6.32. The lowest BCUT2D eigenvalue weighted by Gasteiger charge is -2.15. The van der Waals surface area contributed by atoms with Crippen LogP contribution in [-0.4, -0.2) is 23.9 Å². The van der Waals surface area contributed by atoms with E-state index in [0.29, 0.717) is 12.6 Å². The lowest BCUT2D eigenvalue weighted by molar-refractivity contribution is 0.122. The zero-order valence-corrected chi connectivity index (χ0v) is 12.1. The molecule has 0 heterocycles. The van der Waals surface area contributed by atoms with Crippen LogP contribution in [0.3, 0.4) is 0 Å². The first-order chi connectivity index (χ1) is 7.99. The Kier molecular flexibility index (Phi) is 5.95. The average molecular weight is 302 g/mol. The van der Waals surface area contributed by atoms with Crippen LogP contribution in [0.25, 0.3) is 0 Å². The summed E-state index contributed by atoms with van der Waals surface area (Å²) in [5, 5.41) is 12.6. The van der Waals surface area contributed by atoms with Gasteiger partial charge in [-0.05, 0) is 25.1 Å². The molecule has 0 aliphatic heterocycles. The third kappa shape index (κ3) is 5.52. The van der Waals surface area contributed by atoms with Gasteiger partial charge in [-0.25, -0.2) is 0 Å². The number of aliphatic hydroxyl groups excluding tert-OH is 1. The molecule has 0 saturated heterocycles. The molecule has 96 valence electrons. The fourth-order valence-corrected chi connectivity index (χ4v) is 1.76. The summed E-state index contributed by atoms with van der Waals surface area (Å²) in [5.74, 6) is 0.822. The molecule has 0 bridgehead atoms. The predicted molar refractivity (Wildman–Crippen MR) is 73.3 cm³/mol. The van der Waals surface area contributed by atoms with Gasteiger partial charge in [0, 0.05) is 22.6 Å². The van der Waals surface area contributed by atoms with Gasteiger partial charge in [-0.15, -0.1) is 0 Å². The van der Waals surface area contributed by atoms with Crippen LogP contribution < -0.4 is 10.1 Å². The molecular formula is C13H20BrNO2. The largest absolute Gasteiger partial charge is 0.491 e. The number of nitrogens with one attached hydrogen (secondary N) is 1. The van der Waals surface area contributed by atoms with Crippen LogP contribution >= 0.6 is 15.9 Å². The zero-order valence-electron chi connectivity index (χ0n) is 10.5. The van der Waals surface area contributed by atoms with Crippen LogP contribution in [0, 0.1) is 0 Å². The van der Waals surface area contributed by atoms with E-state index in [-0.39, 0.29) is 0 Å². The Morgan fingerprint density at radius 3 is 2.65 bits per heavy atom. The van der Waals surface area contributed by atoms with E-state index in [1.165, 1.54) is 0 Å². The van der Waals surface area contributed by atoms with Gasteiger partial charge in [0.1, 0.15) is 12.4 Å². The molecule has 3 nitrogen and oxygen atoms in total. The van der Waals surface area contributed by atoms with E-state index in [1.807, 2.05) is 18.2 Å². The van der Waals surface area contributed by atoms with E-state index in [0.717, 1.165) is 22.3 Å². The van der Waals surface area contributed by atoms with Gasteiger partial charge in [-0.2, -0.15) is 0 Å². The van der Waals surface area contributed by atoms with Crippen molar-refractivity contribution in [2.45, 2.75) is 39.5 Å². The second-order valence-corrected chi connectivity index (χ2v) is 5.36. The Balaban J connectivity index is 2.72. The van der Waals surface area contributed by atoms with Gasteiger partial charge in [-0.3, -0.25) is 0 Å². The third-order valence-corrected chi connectivity index (χ3v) is 2.70. The first-order valence-corrected chi connectivity index (χ1v) is 6.61. The first-order valence-electron chi connectivity index (χ1n) is 5.81. The van der Waals surface area contributed by atoms with Gasteiger partial charge < -0.3 is 15.2 Å². The van der Waals surface area contributed by atoms with Crippen LogP contribution in [-0.2, 0) is 6.54 Å². The van der Waals surface area contributed by atoms with Gasteiger partial charge in [-0.1, -0.05) is 29.8 Å². The molecule has 1 aromatic carbocycles. The summed E-state index contributed by atoms with van der Waals surface area (Å²) in [4.78, 5) is 0. The molecule has 0 fully saturated rings. The Bertz CT molecular complexity index is 353. The lowest BCUT2D eigenvalue weighted by atomic mass is 10.2. The van der Waals surface area contributed by atoms with E-state index in [4.69, 9.17) is 4.74 Å². The van der Waals surface area contributed by atoms with Crippen molar-refractivity contribution in [3.05, 3.63) is 28.2 Å². The number of ether oxygens (including phenoxy) is 1. The normalized spacial score (nSPS) is 12.8. The molecule has 1 unspecified atom stereocenters. The molecule has 0 aliphatic rings. The smallest absolute Gasteiger partial charge is 0.124 e. The van der Waals surface area contributed by atoms with Crippen molar-refractivity contribution in [1.29, 1.82) is 0 Å². The topological polar surface area (TPSA) is 41.5 Å². The minimum absolute atomic E-state index is 0.316. The van der Waals surface area contributed by atoms with Crippen LogP contribution in [0.15, 0.2) is 22.7 Å². The monoisotopic (exact) mass is 301 g/mol. The van der Waals surface area contributed by atoms with E-state index >= 15 is 0 Å². The number of rotatable bonds is 6. The summed E-state index contributed by atoms with van der Waals surface area (Å²) in [7, 11) is 0. The quantitative estimate of drug-likeness (QED) is 0.849.